The number of carboxylic acid groups (broad SMARTS) is 1. The van der Waals surface area contributed by atoms with Crippen molar-refractivity contribution in [3.63, 3.8) is 0 Å². The van der Waals surface area contributed by atoms with E-state index in [0.717, 1.165) is 10.9 Å². The van der Waals surface area contributed by atoms with Crippen molar-refractivity contribution < 1.29 is 43.5 Å². The van der Waals surface area contributed by atoms with E-state index in [4.69, 9.17) is 17.2 Å². The number of para-hydroxylation sites is 1. The average Bonchev–Trinajstić information content (AvgIpc) is 3.64. The molecule has 3 aromatic rings. The number of aliphatic imine (C=N–C) groups is 1. The standard InChI is InChI=1S/C42H57N11O9/c1-2-3-13-29-37(58)51-31(17-19-35(55)56)39(60)52-32(21-24-10-5-4-6-11-24)40(61)50-30(15-9-20-46-42(44)45)38(59)53-33(22-25-23-47-27-14-8-7-12-26(25)27)41(62)49-28(36(43)57)16-18-34(54)48-29/h4-8,10-12,14,23,28-33,47H,2-3,9,13,15-22H2,1H3,(H2,43,57)(H,48,54)(H,49,62)(H,50,61)(H,51,58)(H,52,60)(H,53,59)(H,55,56)(H4,44,45,46)/t28-,29-,30-,31-,32+,33-/m0/s1. The van der Waals surface area contributed by atoms with Crippen LogP contribution >= 0.6 is 0 Å². The number of nitrogens with two attached hydrogens (primary N) is 3. The fourth-order valence-electron chi connectivity index (χ4n) is 6.96. The lowest BCUT2D eigenvalue weighted by Gasteiger charge is -2.28. The van der Waals surface area contributed by atoms with Gasteiger partial charge >= 0.3 is 5.97 Å². The SMILES string of the molecule is CCCC[C@@H]1NC(=O)CC[C@@H](C(N)=O)NC(=O)[C@H](Cc2c[nH]c3ccccc23)NC(=O)[C@H](CCCN=C(N)N)NC(=O)[C@@H](Cc2ccccc2)NC(=O)[C@H](CCC(=O)O)NC1=O. The number of nitrogens with one attached hydrogen (secondary N) is 7. The first-order valence-corrected chi connectivity index (χ1v) is 20.6. The van der Waals surface area contributed by atoms with Crippen LogP contribution in [0.2, 0.25) is 0 Å². The first-order valence-electron chi connectivity index (χ1n) is 20.6. The van der Waals surface area contributed by atoms with Crippen molar-refractivity contribution in [2.24, 2.45) is 22.2 Å². The van der Waals surface area contributed by atoms with Crippen LogP contribution in [0.1, 0.15) is 75.8 Å². The number of aromatic amines is 1. The number of amides is 7. The van der Waals surface area contributed by atoms with E-state index in [1.165, 1.54) is 0 Å². The van der Waals surface area contributed by atoms with Gasteiger partial charge in [-0.25, -0.2) is 0 Å². The Labute approximate surface area is 358 Å². The highest BCUT2D eigenvalue weighted by atomic mass is 16.4. The maximum Gasteiger partial charge on any atom is 0.303 e. The van der Waals surface area contributed by atoms with E-state index in [-0.39, 0.29) is 63.9 Å². The summed E-state index contributed by atoms with van der Waals surface area (Å²) < 4.78 is 0. The minimum atomic E-state index is -1.46. The van der Waals surface area contributed by atoms with E-state index in [9.17, 15) is 43.5 Å². The van der Waals surface area contributed by atoms with Gasteiger partial charge in [0.1, 0.15) is 36.3 Å². The Balaban J connectivity index is 1.79. The van der Waals surface area contributed by atoms with E-state index in [0.29, 0.717) is 24.0 Å². The smallest absolute Gasteiger partial charge is 0.303 e. The quantitative estimate of drug-likeness (QED) is 0.0513. The Morgan fingerprint density at radius 2 is 1.23 bits per heavy atom. The van der Waals surface area contributed by atoms with Gasteiger partial charge in [0.25, 0.3) is 0 Å². The predicted molar refractivity (Wildman–Crippen MR) is 228 cm³/mol. The van der Waals surface area contributed by atoms with E-state index in [2.05, 4.69) is 41.9 Å². The third-order valence-corrected chi connectivity index (χ3v) is 10.3. The van der Waals surface area contributed by atoms with Gasteiger partial charge in [0, 0.05) is 49.3 Å². The number of aromatic nitrogens is 1. The molecule has 7 amide bonds. The minimum Gasteiger partial charge on any atom is -0.481 e. The fraction of sp³-hybridized carbons (Fsp3) is 0.452. The zero-order chi connectivity index (χ0) is 45.2. The zero-order valence-electron chi connectivity index (χ0n) is 34.6. The molecule has 1 fully saturated rings. The molecule has 0 aliphatic carbocycles. The molecule has 6 atom stereocenters. The summed E-state index contributed by atoms with van der Waals surface area (Å²) in [6.07, 6.45) is 1.38. The second-order valence-corrected chi connectivity index (χ2v) is 15.1. The molecule has 1 aliphatic heterocycles. The Morgan fingerprint density at radius 3 is 1.85 bits per heavy atom. The third-order valence-electron chi connectivity index (χ3n) is 10.3. The molecule has 0 saturated carbocycles. The normalized spacial score (nSPS) is 22.2. The number of carbonyl (C=O) groups is 8. The second kappa shape index (κ2) is 23.7. The van der Waals surface area contributed by atoms with Crippen LogP contribution in [0.15, 0.2) is 65.8 Å². The van der Waals surface area contributed by atoms with E-state index < -0.39 is 90.0 Å². The first kappa shape index (κ1) is 47.7. The number of fused-ring (bicyclic) bond motifs is 1. The Morgan fingerprint density at radius 1 is 0.677 bits per heavy atom. The van der Waals surface area contributed by atoms with Gasteiger partial charge in [0.05, 0.1) is 0 Å². The van der Waals surface area contributed by atoms with Gasteiger partial charge < -0.3 is 59.2 Å². The monoisotopic (exact) mass is 859 g/mol. The largest absolute Gasteiger partial charge is 0.481 e. The average molecular weight is 860 g/mol. The fourth-order valence-corrected chi connectivity index (χ4v) is 6.96. The molecule has 14 N–H and O–H groups in total. The number of unbranched alkanes of at least 4 members (excludes halogenated alkanes) is 1. The van der Waals surface area contributed by atoms with Crippen LogP contribution in [0.25, 0.3) is 10.9 Å². The van der Waals surface area contributed by atoms with Crippen molar-refractivity contribution in [1.29, 1.82) is 0 Å². The predicted octanol–water partition coefficient (Wildman–Crippen LogP) is -0.750. The zero-order valence-corrected chi connectivity index (χ0v) is 34.6. The van der Waals surface area contributed by atoms with Crippen LogP contribution in [0, 0.1) is 0 Å². The summed E-state index contributed by atoms with van der Waals surface area (Å²) >= 11 is 0. The van der Waals surface area contributed by atoms with Crippen molar-refractivity contribution in [1.82, 2.24) is 36.9 Å². The number of rotatable bonds is 15. The molecular weight excluding hydrogens is 803 g/mol. The summed E-state index contributed by atoms with van der Waals surface area (Å²) in [5, 5.41) is 26.1. The molecule has 20 heteroatoms. The lowest BCUT2D eigenvalue weighted by Crippen LogP contribution is -2.60. The number of H-pyrrole nitrogens is 1. The highest BCUT2D eigenvalue weighted by molar-refractivity contribution is 5.98. The number of primary amides is 1. The number of carbonyl (C=O) groups excluding carboxylic acids is 7. The maximum atomic E-state index is 14.3. The van der Waals surface area contributed by atoms with Crippen LogP contribution in [0.4, 0.5) is 0 Å². The molecule has 1 aromatic heterocycles. The van der Waals surface area contributed by atoms with Crippen molar-refractivity contribution in [3.8, 4) is 0 Å². The number of nitrogens with zero attached hydrogens (tertiary/aromatic N) is 1. The first-order chi connectivity index (χ1) is 29.6. The number of guanidine groups is 1. The van der Waals surface area contributed by atoms with Gasteiger partial charge in [-0.2, -0.15) is 0 Å². The number of hydrogen-bond acceptors (Lipinski definition) is 9. The molecular formula is C42H57N11O9. The van der Waals surface area contributed by atoms with Gasteiger partial charge in [-0.3, -0.25) is 43.3 Å². The highest BCUT2D eigenvalue weighted by Crippen LogP contribution is 2.20. The minimum absolute atomic E-state index is 0.0444. The van der Waals surface area contributed by atoms with Gasteiger partial charge in [-0.05, 0) is 49.3 Å². The van der Waals surface area contributed by atoms with Gasteiger partial charge in [0.15, 0.2) is 5.96 Å². The molecule has 1 saturated heterocycles. The van der Waals surface area contributed by atoms with Crippen LogP contribution in [0.5, 0.6) is 0 Å². The highest BCUT2D eigenvalue weighted by Gasteiger charge is 2.34. The van der Waals surface area contributed by atoms with Crippen LogP contribution in [-0.4, -0.2) is 106 Å². The lowest BCUT2D eigenvalue weighted by molar-refractivity contribution is -0.138. The molecule has 1 aliphatic rings. The summed E-state index contributed by atoms with van der Waals surface area (Å²) in [6, 6.07) is 7.84. The Kier molecular flexibility index (Phi) is 18.2. The van der Waals surface area contributed by atoms with Crippen LogP contribution in [-0.2, 0) is 51.2 Å². The summed E-state index contributed by atoms with van der Waals surface area (Å²) in [5.74, 6) is -7.19. The molecule has 0 spiro atoms. The second-order valence-electron chi connectivity index (χ2n) is 15.1. The summed E-state index contributed by atoms with van der Waals surface area (Å²) in [4.78, 5) is 115. The molecule has 334 valence electrons. The van der Waals surface area contributed by atoms with Gasteiger partial charge in [-0.15, -0.1) is 0 Å². The Bertz CT molecular complexity index is 2090. The molecule has 0 unspecified atom stereocenters. The summed E-state index contributed by atoms with van der Waals surface area (Å²) in [7, 11) is 0. The van der Waals surface area contributed by atoms with Crippen molar-refractivity contribution in [3.05, 3.63) is 71.9 Å². The molecule has 2 heterocycles. The van der Waals surface area contributed by atoms with Gasteiger partial charge in [0.2, 0.25) is 41.4 Å². The number of hydrogen-bond donors (Lipinski definition) is 11. The molecule has 2 aromatic carbocycles. The number of benzene rings is 2. The third kappa shape index (κ3) is 14.9. The number of carboxylic acids is 1. The molecule has 62 heavy (non-hydrogen) atoms. The molecule has 0 bridgehead atoms. The topological polar surface area (TPSA) is 335 Å². The van der Waals surface area contributed by atoms with Gasteiger partial charge in [-0.1, -0.05) is 68.3 Å². The van der Waals surface area contributed by atoms with Crippen molar-refractivity contribution in [2.75, 3.05) is 6.54 Å². The van der Waals surface area contributed by atoms with Crippen LogP contribution in [0.3, 0.4) is 0 Å². The molecule has 20 nitrogen and oxygen atoms in total. The molecule has 0 radical (unpaired) electrons. The summed E-state index contributed by atoms with van der Waals surface area (Å²) in [5.41, 5.74) is 18.7. The van der Waals surface area contributed by atoms with Crippen LogP contribution < -0.4 is 49.1 Å². The maximum absolute atomic E-state index is 14.3. The van der Waals surface area contributed by atoms with E-state index >= 15 is 0 Å². The van der Waals surface area contributed by atoms with E-state index in [1.54, 1.807) is 42.6 Å². The molecule has 4 rings (SSSR count). The van der Waals surface area contributed by atoms with Crippen molar-refractivity contribution >= 4 is 64.2 Å². The summed E-state index contributed by atoms with van der Waals surface area (Å²) in [6.45, 7) is 1.94. The van der Waals surface area contributed by atoms with E-state index in [1.807, 2.05) is 25.1 Å². The lowest BCUT2D eigenvalue weighted by atomic mass is 10.0. The van der Waals surface area contributed by atoms with Crippen molar-refractivity contribution in [2.45, 2.75) is 114 Å². The number of aliphatic carboxylic acids is 1. The Hall–Kier alpha value is -6.99.